The molecule has 2 aromatic carbocycles. The number of ether oxygens (including phenoxy) is 1. The molecule has 104 valence electrons. The predicted molar refractivity (Wildman–Crippen MR) is 84.4 cm³/mol. The van der Waals surface area contributed by atoms with E-state index in [9.17, 15) is 9.18 Å². The van der Waals surface area contributed by atoms with E-state index in [1.807, 2.05) is 18.2 Å². The summed E-state index contributed by atoms with van der Waals surface area (Å²) >= 11 is 2.17. The first kappa shape index (κ1) is 14.8. The van der Waals surface area contributed by atoms with Crippen LogP contribution in [0.5, 0.6) is 5.75 Å². The molecule has 1 amide bonds. The van der Waals surface area contributed by atoms with Crippen molar-refractivity contribution < 1.29 is 13.9 Å². The molecule has 0 atom stereocenters. The molecule has 0 bridgehead atoms. The van der Waals surface area contributed by atoms with E-state index in [1.165, 1.54) is 6.07 Å². The average Bonchev–Trinajstić information content (AvgIpc) is 2.41. The van der Waals surface area contributed by atoms with Crippen LogP contribution in [-0.4, -0.2) is 12.5 Å². The van der Waals surface area contributed by atoms with Crippen LogP contribution in [0.3, 0.4) is 0 Å². The Morgan fingerprint density at radius 3 is 2.80 bits per heavy atom. The first-order chi connectivity index (χ1) is 9.54. The van der Waals surface area contributed by atoms with E-state index in [1.54, 1.807) is 25.1 Å². The molecular weight excluding hydrogens is 372 g/mol. The summed E-state index contributed by atoms with van der Waals surface area (Å²) in [4.78, 5) is 11.7. The van der Waals surface area contributed by atoms with Gasteiger partial charge in [0.05, 0.1) is 0 Å². The monoisotopic (exact) mass is 385 g/mol. The second-order valence-electron chi connectivity index (χ2n) is 4.26. The molecular formula is C15H13FINO2. The van der Waals surface area contributed by atoms with Crippen LogP contribution in [0.15, 0.2) is 42.5 Å². The van der Waals surface area contributed by atoms with Gasteiger partial charge in [0.25, 0.3) is 5.91 Å². The van der Waals surface area contributed by atoms with Gasteiger partial charge in [-0.1, -0.05) is 12.1 Å². The van der Waals surface area contributed by atoms with Crippen molar-refractivity contribution in [1.82, 2.24) is 0 Å². The van der Waals surface area contributed by atoms with Crippen LogP contribution in [0, 0.1) is 16.3 Å². The fraction of sp³-hybridized carbons (Fsp3) is 0.133. The van der Waals surface area contributed by atoms with Crippen LogP contribution in [-0.2, 0) is 4.79 Å². The molecule has 0 saturated carbocycles. The number of carbonyl (C=O) groups is 1. The molecule has 1 N–H and O–H groups in total. The minimum atomic E-state index is -0.346. The van der Waals surface area contributed by atoms with Gasteiger partial charge >= 0.3 is 0 Å². The Bertz CT molecular complexity index is 631. The van der Waals surface area contributed by atoms with Gasteiger partial charge in [-0.25, -0.2) is 4.39 Å². The molecule has 0 spiro atoms. The highest BCUT2D eigenvalue weighted by Gasteiger charge is 2.06. The molecule has 0 aliphatic heterocycles. The molecule has 2 aromatic rings. The van der Waals surface area contributed by atoms with Crippen molar-refractivity contribution in [3.8, 4) is 5.75 Å². The number of aryl methyl sites for hydroxylation is 1. The third kappa shape index (κ3) is 4.19. The highest BCUT2D eigenvalue weighted by Crippen LogP contribution is 2.16. The van der Waals surface area contributed by atoms with Crippen LogP contribution in [0.25, 0.3) is 0 Å². The van der Waals surface area contributed by atoms with Gasteiger partial charge in [-0.3, -0.25) is 4.79 Å². The Balaban J connectivity index is 1.91. The molecule has 0 unspecified atom stereocenters. The molecule has 0 aliphatic rings. The van der Waals surface area contributed by atoms with Gasteiger partial charge in [0, 0.05) is 9.26 Å². The molecule has 0 heterocycles. The van der Waals surface area contributed by atoms with Crippen molar-refractivity contribution in [2.75, 3.05) is 11.9 Å². The molecule has 0 fully saturated rings. The van der Waals surface area contributed by atoms with Crippen LogP contribution in [0.1, 0.15) is 5.56 Å². The lowest BCUT2D eigenvalue weighted by Crippen LogP contribution is -2.20. The quantitative estimate of drug-likeness (QED) is 0.815. The van der Waals surface area contributed by atoms with Gasteiger partial charge in [0.2, 0.25) is 0 Å². The number of hydrogen-bond acceptors (Lipinski definition) is 2. The number of amides is 1. The fourth-order valence-corrected chi connectivity index (χ4v) is 2.09. The Kier molecular flexibility index (Phi) is 4.94. The first-order valence-electron chi connectivity index (χ1n) is 5.99. The Morgan fingerprint density at radius 1 is 1.30 bits per heavy atom. The third-order valence-corrected chi connectivity index (χ3v) is 3.29. The average molecular weight is 385 g/mol. The van der Waals surface area contributed by atoms with E-state index in [4.69, 9.17) is 4.74 Å². The van der Waals surface area contributed by atoms with E-state index < -0.39 is 0 Å². The van der Waals surface area contributed by atoms with Crippen LogP contribution < -0.4 is 10.1 Å². The Hall–Kier alpha value is -1.63. The Morgan fingerprint density at radius 2 is 2.10 bits per heavy atom. The number of halogens is 2. The summed E-state index contributed by atoms with van der Waals surface area (Å²) in [5, 5.41) is 2.59. The first-order valence-corrected chi connectivity index (χ1v) is 7.07. The summed E-state index contributed by atoms with van der Waals surface area (Å²) in [7, 11) is 0. The van der Waals surface area contributed by atoms with Gasteiger partial charge < -0.3 is 10.1 Å². The lowest BCUT2D eigenvalue weighted by molar-refractivity contribution is -0.118. The third-order valence-electron chi connectivity index (χ3n) is 2.62. The molecule has 20 heavy (non-hydrogen) atoms. The molecule has 5 heteroatoms. The normalized spacial score (nSPS) is 10.2. The molecule has 0 saturated heterocycles. The topological polar surface area (TPSA) is 38.3 Å². The zero-order chi connectivity index (χ0) is 14.5. The summed E-state index contributed by atoms with van der Waals surface area (Å²) < 4.78 is 19.7. The summed E-state index contributed by atoms with van der Waals surface area (Å²) in [6.45, 7) is 1.55. The lowest BCUT2D eigenvalue weighted by atomic mass is 10.2. The summed E-state index contributed by atoms with van der Waals surface area (Å²) in [6, 6.07) is 12.0. The second kappa shape index (κ2) is 6.69. The number of rotatable bonds is 4. The van der Waals surface area contributed by atoms with E-state index >= 15 is 0 Å². The minimum Gasteiger partial charge on any atom is -0.484 e. The summed E-state index contributed by atoms with van der Waals surface area (Å²) in [5.41, 5.74) is 0.961. The molecule has 2 rings (SSSR count). The van der Waals surface area contributed by atoms with Crippen LogP contribution in [0.4, 0.5) is 10.1 Å². The number of carbonyl (C=O) groups excluding carboxylic acids is 1. The molecule has 0 aliphatic carbocycles. The molecule has 0 aromatic heterocycles. The maximum absolute atomic E-state index is 13.3. The molecule has 0 radical (unpaired) electrons. The van der Waals surface area contributed by atoms with Gasteiger partial charge in [-0.15, -0.1) is 0 Å². The highest BCUT2D eigenvalue weighted by molar-refractivity contribution is 14.1. The predicted octanol–water partition coefficient (Wildman–Crippen LogP) is 3.76. The minimum absolute atomic E-state index is 0.115. The van der Waals surface area contributed by atoms with Crippen molar-refractivity contribution in [2.24, 2.45) is 0 Å². The van der Waals surface area contributed by atoms with Gasteiger partial charge in [0.1, 0.15) is 11.6 Å². The maximum atomic E-state index is 13.3. The van der Waals surface area contributed by atoms with Gasteiger partial charge in [-0.05, 0) is 65.4 Å². The van der Waals surface area contributed by atoms with Crippen LogP contribution in [0.2, 0.25) is 0 Å². The van der Waals surface area contributed by atoms with E-state index in [0.29, 0.717) is 17.0 Å². The van der Waals surface area contributed by atoms with E-state index in [2.05, 4.69) is 27.9 Å². The van der Waals surface area contributed by atoms with Crippen molar-refractivity contribution in [3.63, 3.8) is 0 Å². The van der Waals surface area contributed by atoms with Gasteiger partial charge in [-0.2, -0.15) is 0 Å². The van der Waals surface area contributed by atoms with Gasteiger partial charge in [0.15, 0.2) is 6.61 Å². The lowest BCUT2D eigenvalue weighted by Gasteiger charge is -2.08. The summed E-state index contributed by atoms with van der Waals surface area (Å²) in [5.74, 6) is -0.0458. The van der Waals surface area contributed by atoms with Crippen molar-refractivity contribution in [3.05, 3.63) is 57.4 Å². The standard InChI is InChI=1S/C15H13FINO2/c1-10-5-6-12(8-14(10)16)18-15(19)9-20-13-4-2-3-11(17)7-13/h2-8H,9H2,1H3,(H,18,19). The summed E-state index contributed by atoms with van der Waals surface area (Å²) in [6.07, 6.45) is 0. The van der Waals surface area contributed by atoms with E-state index in [0.717, 1.165) is 3.57 Å². The van der Waals surface area contributed by atoms with Crippen molar-refractivity contribution in [2.45, 2.75) is 6.92 Å². The molecule has 3 nitrogen and oxygen atoms in total. The number of anilines is 1. The number of hydrogen-bond donors (Lipinski definition) is 1. The SMILES string of the molecule is Cc1ccc(NC(=O)COc2cccc(I)c2)cc1F. The zero-order valence-corrected chi connectivity index (χ0v) is 13.0. The largest absolute Gasteiger partial charge is 0.484 e. The smallest absolute Gasteiger partial charge is 0.262 e. The van der Waals surface area contributed by atoms with Crippen molar-refractivity contribution in [1.29, 1.82) is 0 Å². The Labute approximate surface area is 130 Å². The second-order valence-corrected chi connectivity index (χ2v) is 5.50. The van der Waals surface area contributed by atoms with Crippen LogP contribution >= 0.6 is 22.6 Å². The maximum Gasteiger partial charge on any atom is 0.262 e. The highest BCUT2D eigenvalue weighted by atomic mass is 127. The number of benzene rings is 2. The fourth-order valence-electron chi connectivity index (χ4n) is 1.57. The zero-order valence-electron chi connectivity index (χ0n) is 10.8. The van der Waals surface area contributed by atoms with Crippen molar-refractivity contribution >= 4 is 34.2 Å². The number of nitrogens with one attached hydrogen (secondary N) is 1. The van der Waals surface area contributed by atoms with E-state index in [-0.39, 0.29) is 18.3 Å².